The second-order valence-corrected chi connectivity index (χ2v) is 5.75. The third-order valence-corrected chi connectivity index (χ3v) is 3.79. The van der Waals surface area contributed by atoms with Crippen molar-refractivity contribution in [3.05, 3.63) is 22.5 Å². The van der Waals surface area contributed by atoms with E-state index >= 15 is 0 Å². The fourth-order valence-corrected chi connectivity index (χ4v) is 2.67. The average Bonchev–Trinajstić information content (AvgIpc) is 2.87. The number of carbonyl (C=O) groups excluding carboxylic acids is 3. The number of aromatic amines is 1. The molecular formula is C17H27N3O4. The minimum absolute atomic E-state index is 0.0392. The standard InChI is InChI=1S/C17H27N3O4/c1-6-13-15(12(3)21)11(2)19-16(13)17(23)20(4)10-14(22)18-8-7-9-24-5/h19H,6-10H2,1-5H3,(H,18,22). The zero-order valence-electron chi connectivity index (χ0n) is 15.1. The highest BCUT2D eigenvalue weighted by molar-refractivity contribution is 6.03. The smallest absolute Gasteiger partial charge is 0.270 e. The van der Waals surface area contributed by atoms with Crippen LogP contribution in [-0.2, 0) is 16.0 Å². The maximum atomic E-state index is 12.6. The van der Waals surface area contributed by atoms with Crippen LogP contribution in [0.5, 0.6) is 0 Å². The van der Waals surface area contributed by atoms with E-state index in [2.05, 4.69) is 10.3 Å². The Morgan fingerprint density at radius 2 is 1.96 bits per heavy atom. The Bertz CT molecular complexity index is 607. The number of hydrogen-bond donors (Lipinski definition) is 2. The van der Waals surface area contributed by atoms with Crippen molar-refractivity contribution < 1.29 is 19.1 Å². The van der Waals surface area contributed by atoms with Crippen LogP contribution in [0.25, 0.3) is 0 Å². The van der Waals surface area contributed by atoms with E-state index in [1.807, 2.05) is 6.92 Å². The molecule has 1 aromatic rings. The molecule has 0 radical (unpaired) electrons. The van der Waals surface area contributed by atoms with Crippen LogP contribution in [-0.4, -0.2) is 61.3 Å². The zero-order valence-corrected chi connectivity index (χ0v) is 15.1. The monoisotopic (exact) mass is 337 g/mol. The highest BCUT2D eigenvalue weighted by Gasteiger charge is 2.24. The fraction of sp³-hybridized carbons (Fsp3) is 0.588. The van der Waals surface area contributed by atoms with Gasteiger partial charge in [-0.3, -0.25) is 14.4 Å². The third-order valence-electron chi connectivity index (χ3n) is 3.79. The molecule has 0 saturated heterocycles. The molecule has 0 aliphatic rings. The summed E-state index contributed by atoms with van der Waals surface area (Å²) in [6.45, 7) is 6.20. The van der Waals surface area contributed by atoms with Crippen molar-refractivity contribution in [1.29, 1.82) is 0 Å². The van der Waals surface area contributed by atoms with Gasteiger partial charge in [-0.15, -0.1) is 0 Å². The topological polar surface area (TPSA) is 91.5 Å². The minimum Gasteiger partial charge on any atom is -0.385 e. The molecule has 0 atom stereocenters. The van der Waals surface area contributed by atoms with E-state index < -0.39 is 0 Å². The number of nitrogens with one attached hydrogen (secondary N) is 2. The van der Waals surface area contributed by atoms with Gasteiger partial charge in [0.1, 0.15) is 5.69 Å². The molecule has 0 fully saturated rings. The molecule has 0 bridgehead atoms. The molecule has 0 aliphatic carbocycles. The lowest BCUT2D eigenvalue weighted by Crippen LogP contribution is -2.39. The molecule has 0 aliphatic heterocycles. The molecular weight excluding hydrogens is 310 g/mol. The van der Waals surface area contributed by atoms with E-state index in [-0.39, 0.29) is 24.1 Å². The first-order valence-corrected chi connectivity index (χ1v) is 8.06. The minimum atomic E-state index is -0.297. The van der Waals surface area contributed by atoms with E-state index in [1.165, 1.54) is 11.8 Å². The number of methoxy groups -OCH3 is 1. The first-order valence-electron chi connectivity index (χ1n) is 8.06. The maximum absolute atomic E-state index is 12.6. The number of aromatic nitrogens is 1. The normalized spacial score (nSPS) is 10.5. The molecule has 1 rings (SSSR count). The Morgan fingerprint density at radius 3 is 2.50 bits per heavy atom. The Labute approximate surface area is 142 Å². The van der Waals surface area contributed by atoms with Gasteiger partial charge < -0.3 is 19.9 Å². The van der Waals surface area contributed by atoms with Crippen LogP contribution >= 0.6 is 0 Å². The summed E-state index contributed by atoms with van der Waals surface area (Å²) in [5.74, 6) is -0.595. The predicted octanol–water partition coefficient (Wildman–Crippen LogP) is 1.31. The number of likely N-dealkylation sites (N-methyl/N-ethyl adjacent to an activating group) is 1. The summed E-state index contributed by atoms with van der Waals surface area (Å²) in [4.78, 5) is 40.6. The van der Waals surface area contributed by atoms with Crippen LogP contribution in [0.3, 0.4) is 0 Å². The number of ketones is 1. The van der Waals surface area contributed by atoms with Gasteiger partial charge in [0.15, 0.2) is 5.78 Å². The maximum Gasteiger partial charge on any atom is 0.270 e. The Hall–Kier alpha value is -2.15. The summed E-state index contributed by atoms with van der Waals surface area (Å²) in [7, 11) is 3.17. The van der Waals surface area contributed by atoms with Gasteiger partial charge in [0.2, 0.25) is 5.91 Å². The van der Waals surface area contributed by atoms with Crippen LogP contribution < -0.4 is 5.32 Å². The van der Waals surface area contributed by atoms with Crippen LogP contribution in [0.15, 0.2) is 0 Å². The van der Waals surface area contributed by atoms with Gasteiger partial charge in [-0.1, -0.05) is 6.92 Å². The second kappa shape index (κ2) is 9.22. The Kier molecular flexibility index (Phi) is 7.64. The summed E-state index contributed by atoms with van der Waals surface area (Å²) < 4.78 is 4.91. The van der Waals surface area contributed by atoms with E-state index in [1.54, 1.807) is 21.1 Å². The molecule has 1 heterocycles. The number of H-pyrrole nitrogens is 1. The summed E-state index contributed by atoms with van der Waals surface area (Å²) in [6.07, 6.45) is 1.29. The van der Waals surface area contributed by atoms with Crippen molar-refractivity contribution in [3.63, 3.8) is 0 Å². The number of rotatable bonds is 9. The number of nitrogens with zero attached hydrogens (tertiary/aromatic N) is 1. The lowest BCUT2D eigenvalue weighted by Gasteiger charge is -2.17. The second-order valence-electron chi connectivity index (χ2n) is 5.75. The highest BCUT2D eigenvalue weighted by atomic mass is 16.5. The van der Waals surface area contributed by atoms with Crippen molar-refractivity contribution in [2.45, 2.75) is 33.6 Å². The van der Waals surface area contributed by atoms with Crippen molar-refractivity contribution in [1.82, 2.24) is 15.2 Å². The molecule has 0 unspecified atom stereocenters. The van der Waals surface area contributed by atoms with E-state index in [9.17, 15) is 14.4 Å². The first-order chi connectivity index (χ1) is 11.3. The third kappa shape index (κ3) is 4.92. The summed E-state index contributed by atoms with van der Waals surface area (Å²) in [5.41, 5.74) is 2.34. The predicted molar refractivity (Wildman–Crippen MR) is 91.4 cm³/mol. The van der Waals surface area contributed by atoms with Crippen LogP contribution in [0.4, 0.5) is 0 Å². The van der Waals surface area contributed by atoms with Gasteiger partial charge in [-0.25, -0.2) is 0 Å². The van der Waals surface area contributed by atoms with Crippen LogP contribution in [0.1, 0.15) is 52.4 Å². The molecule has 24 heavy (non-hydrogen) atoms. The van der Waals surface area contributed by atoms with Gasteiger partial charge in [0, 0.05) is 38.6 Å². The number of ether oxygens (including phenoxy) is 1. The van der Waals surface area contributed by atoms with Crippen molar-refractivity contribution >= 4 is 17.6 Å². The van der Waals surface area contributed by atoms with Gasteiger partial charge in [0.25, 0.3) is 5.91 Å². The molecule has 7 nitrogen and oxygen atoms in total. The zero-order chi connectivity index (χ0) is 18.3. The molecule has 134 valence electrons. The SMILES string of the molecule is CCc1c(C(=O)N(C)CC(=O)NCCCOC)[nH]c(C)c1C(C)=O. The number of amides is 2. The van der Waals surface area contributed by atoms with Crippen LogP contribution in [0, 0.1) is 6.92 Å². The fourth-order valence-electron chi connectivity index (χ4n) is 2.67. The molecule has 7 heteroatoms. The number of hydrogen-bond acceptors (Lipinski definition) is 4. The Morgan fingerprint density at radius 1 is 1.29 bits per heavy atom. The lowest BCUT2D eigenvalue weighted by molar-refractivity contribution is -0.121. The summed E-state index contributed by atoms with van der Waals surface area (Å²) in [6, 6.07) is 0. The number of aryl methyl sites for hydroxylation is 1. The van der Waals surface area contributed by atoms with E-state index in [4.69, 9.17) is 4.74 Å². The summed E-state index contributed by atoms with van der Waals surface area (Å²) in [5, 5.41) is 2.74. The molecule has 0 saturated carbocycles. The first kappa shape index (κ1) is 19.9. The van der Waals surface area contributed by atoms with E-state index in [0.717, 1.165) is 6.42 Å². The Balaban J connectivity index is 2.77. The number of Topliss-reactive ketones (excluding diaryl/α,β-unsaturated/α-hetero) is 1. The van der Waals surface area contributed by atoms with Gasteiger partial charge >= 0.3 is 0 Å². The van der Waals surface area contributed by atoms with Crippen molar-refractivity contribution in [2.24, 2.45) is 0 Å². The van der Waals surface area contributed by atoms with Crippen molar-refractivity contribution in [2.75, 3.05) is 33.9 Å². The quantitative estimate of drug-likeness (QED) is 0.525. The molecule has 2 amide bonds. The highest BCUT2D eigenvalue weighted by Crippen LogP contribution is 2.21. The molecule has 0 aromatic carbocycles. The molecule has 2 N–H and O–H groups in total. The summed E-state index contributed by atoms with van der Waals surface area (Å²) >= 11 is 0. The van der Waals surface area contributed by atoms with E-state index in [0.29, 0.717) is 42.1 Å². The number of carbonyl (C=O) groups is 3. The molecule has 1 aromatic heterocycles. The largest absolute Gasteiger partial charge is 0.385 e. The molecule has 0 spiro atoms. The van der Waals surface area contributed by atoms with Crippen LogP contribution in [0.2, 0.25) is 0 Å². The lowest BCUT2D eigenvalue weighted by atomic mass is 10.0. The van der Waals surface area contributed by atoms with Gasteiger partial charge in [0.05, 0.1) is 6.54 Å². The van der Waals surface area contributed by atoms with Gasteiger partial charge in [-0.05, 0) is 32.3 Å². The average molecular weight is 337 g/mol. The van der Waals surface area contributed by atoms with Gasteiger partial charge in [-0.2, -0.15) is 0 Å². The van der Waals surface area contributed by atoms with Crippen molar-refractivity contribution in [3.8, 4) is 0 Å².